The van der Waals surface area contributed by atoms with E-state index < -0.39 is 5.91 Å². The molecule has 26 heavy (non-hydrogen) atoms. The quantitative estimate of drug-likeness (QED) is 0.520. The van der Waals surface area contributed by atoms with Gasteiger partial charge in [0, 0.05) is 5.56 Å². The van der Waals surface area contributed by atoms with Gasteiger partial charge in [0.1, 0.15) is 11.5 Å². The number of ether oxygens (including phenoxy) is 1. The third-order valence-electron chi connectivity index (χ3n) is 3.90. The molecule has 2 N–H and O–H groups in total. The van der Waals surface area contributed by atoms with E-state index in [0.29, 0.717) is 12.4 Å². The third kappa shape index (κ3) is 3.83. The molecule has 1 amide bonds. The van der Waals surface area contributed by atoms with Gasteiger partial charge >= 0.3 is 0 Å². The van der Waals surface area contributed by atoms with Crippen molar-refractivity contribution >= 4 is 22.9 Å². The molecule has 0 saturated carbocycles. The minimum Gasteiger partial charge on any atom is -0.507 e. The predicted molar refractivity (Wildman–Crippen MR) is 103 cm³/mol. The second-order valence-electron chi connectivity index (χ2n) is 5.76. The maximum atomic E-state index is 12.2. The number of phenolic OH excluding ortho intramolecular Hbond substituents is 1. The van der Waals surface area contributed by atoms with Crippen LogP contribution in [0.5, 0.6) is 11.5 Å². The van der Waals surface area contributed by atoms with Crippen LogP contribution in [-0.2, 0) is 0 Å². The monoisotopic (exact) mass is 348 g/mol. The topological polar surface area (TPSA) is 70.9 Å². The van der Waals surface area contributed by atoms with E-state index in [1.165, 1.54) is 12.1 Å². The van der Waals surface area contributed by atoms with Crippen molar-refractivity contribution in [1.29, 1.82) is 0 Å². The Morgan fingerprint density at radius 3 is 2.69 bits per heavy atom. The largest absolute Gasteiger partial charge is 0.507 e. The second-order valence-corrected chi connectivity index (χ2v) is 5.76. The number of carbonyl (C=O) groups is 1. The Hall–Kier alpha value is -3.34. The molecule has 0 radical (unpaired) electrons. The van der Waals surface area contributed by atoms with Crippen LogP contribution in [0.4, 0.5) is 0 Å². The summed E-state index contributed by atoms with van der Waals surface area (Å²) in [6.45, 7) is 2.64. The van der Waals surface area contributed by atoms with E-state index in [1.54, 1.807) is 18.3 Å². The van der Waals surface area contributed by atoms with Gasteiger partial charge in [0.05, 0.1) is 18.4 Å². The first-order valence-electron chi connectivity index (χ1n) is 8.46. The van der Waals surface area contributed by atoms with E-state index in [9.17, 15) is 9.90 Å². The Bertz CT molecular complexity index is 951. The number of benzene rings is 3. The van der Waals surface area contributed by atoms with Gasteiger partial charge in [0.15, 0.2) is 0 Å². The normalized spacial score (nSPS) is 11.0. The number of nitrogens with zero attached hydrogens (tertiary/aromatic N) is 1. The summed E-state index contributed by atoms with van der Waals surface area (Å²) in [4.78, 5) is 12.2. The summed E-state index contributed by atoms with van der Waals surface area (Å²) in [7, 11) is 0. The molecule has 3 aromatic carbocycles. The highest BCUT2D eigenvalue weighted by atomic mass is 16.5. The number of amides is 1. The van der Waals surface area contributed by atoms with Crippen molar-refractivity contribution in [3.05, 3.63) is 71.8 Å². The third-order valence-corrected chi connectivity index (χ3v) is 3.90. The van der Waals surface area contributed by atoms with Gasteiger partial charge in [-0.2, -0.15) is 5.10 Å². The Morgan fingerprint density at radius 2 is 1.88 bits per heavy atom. The van der Waals surface area contributed by atoms with Gasteiger partial charge in [-0.25, -0.2) is 5.43 Å². The van der Waals surface area contributed by atoms with Gasteiger partial charge in [-0.05, 0) is 35.4 Å². The van der Waals surface area contributed by atoms with E-state index in [-0.39, 0.29) is 11.3 Å². The summed E-state index contributed by atoms with van der Waals surface area (Å²) < 4.78 is 5.81. The van der Waals surface area contributed by atoms with Gasteiger partial charge in [0.2, 0.25) is 0 Å². The molecule has 0 aliphatic heterocycles. The standard InChI is InChI=1S/C21H20N2O3/c1-2-13-26-20-12-11-15-7-3-4-8-16(15)18(20)14-22-23-21(25)17-9-5-6-10-19(17)24/h3-12,14,24H,2,13H2,1H3,(H,23,25)/b22-14+. The number of nitrogens with one attached hydrogen (secondary N) is 1. The minimum atomic E-state index is -0.476. The van der Waals surface area contributed by atoms with Gasteiger partial charge in [-0.3, -0.25) is 4.79 Å². The lowest BCUT2D eigenvalue weighted by molar-refractivity contribution is 0.0952. The first kappa shape index (κ1) is 17.5. The molecule has 0 heterocycles. The molecule has 0 aliphatic rings. The number of phenols is 1. The Kier molecular flexibility index (Phi) is 5.49. The number of carbonyl (C=O) groups excluding carboxylic acids is 1. The fourth-order valence-corrected chi connectivity index (χ4v) is 2.63. The number of hydrazone groups is 1. The van der Waals surface area contributed by atoms with Crippen LogP contribution in [0.2, 0.25) is 0 Å². The number of hydrogen-bond donors (Lipinski definition) is 2. The zero-order chi connectivity index (χ0) is 18.4. The number of fused-ring (bicyclic) bond motifs is 1. The molecule has 5 heteroatoms. The average molecular weight is 348 g/mol. The molecular weight excluding hydrogens is 328 g/mol. The van der Waals surface area contributed by atoms with Gasteiger partial charge in [-0.15, -0.1) is 0 Å². The van der Waals surface area contributed by atoms with Crippen molar-refractivity contribution in [2.75, 3.05) is 6.61 Å². The maximum absolute atomic E-state index is 12.2. The zero-order valence-electron chi connectivity index (χ0n) is 14.5. The predicted octanol–water partition coefficient (Wildman–Crippen LogP) is 4.10. The molecule has 132 valence electrons. The van der Waals surface area contributed by atoms with E-state index in [0.717, 1.165) is 22.8 Å². The molecule has 0 fully saturated rings. The number of para-hydroxylation sites is 1. The summed E-state index contributed by atoms with van der Waals surface area (Å²) in [5, 5.41) is 15.9. The van der Waals surface area contributed by atoms with E-state index >= 15 is 0 Å². The highest BCUT2D eigenvalue weighted by Gasteiger charge is 2.10. The van der Waals surface area contributed by atoms with Gasteiger partial charge < -0.3 is 9.84 Å². The second kappa shape index (κ2) is 8.16. The average Bonchev–Trinajstić information content (AvgIpc) is 2.67. The molecule has 3 aromatic rings. The summed E-state index contributed by atoms with van der Waals surface area (Å²) in [5.41, 5.74) is 3.42. The summed E-state index contributed by atoms with van der Waals surface area (Å²) in [5.74, 6) is 0.152. The van der Waals surface area contributed by atoms with Crippen LogP contribution >= 0.6 is 0 Å². The molecule has 0 atom stereocenters. The lowest BCUT2D eigenvalue weighted by Crippen LogP contribution is -2.17. The minimum absolute atomic E-state index is 0.0858. The molecule has 3 rings (SSSR count). The molecule has 0 bridgehead atoms. The summed E-state index contributed by atoms with van der Waals surface area (Å²) >= 11 is 0. The molecule has 0 saturated heterocycles. The Balaban J connectivity index is 1.88. The van der Waals surface area contributed by atoms with Crippen molar-refractivity contribution in [3.63, 3.8) is 0 Å². The first-order chi connectivity index (χ1) is 12.7. The molecule has 0 aromatic heterocycles. The molecular formula is C21H20N2O3. The highest BCUT2D eigenvalue weighted by molar-refractivity contribution is 6.03. The highest BCUT2D eigenvalue weighted by Crippen LogP contribution is 2.27. The maximum Gasteiger partial charge on any atom is 0.275 e. The molecule has 0 spiro atoms. The van der Waals surface area contributed by atoms with Crippen molar-refractivity contribution in [1.82, 2.24) is 5.43 Å². The van der Waals surface area contributed by atoms with Crippen LogP contribution in [0, 0.1) is 0 Å². The van der Waals surface area contributed by atoms with Crippen molar-refractivity contribution in [2.45, 2.75) is 13.3 Å². The number of hydrogen-bond acceptors (Lipinski definition) is 4. The molecule has 0 unspecified atom stereocenters. The van der Waals surface area contributed by atoms with Crippen LogP contribution in [-0.4, -0.2) is 23.8 Å². The lowest BCUT2D eigenvalue weighted by atomic mass is 10.0. The van der Waals surface area contributed by atoms with Crippen molar-refractivity contribution in [2.24, 2.45) is 5.10 Å². The van der Waals surface area contributed by atoms with Crippen LogP contribution < -0.4 is 10.2 Å². The fourth-order valence-electron chi connectivity index (χ4n) is 2.63. The summed E-state index contributed by atoms with van der Waals surface area (Å²) in [6, 6.07) is 18.1. The Labute approximate surface area is 151 Å². The fraction of sp³-hybridized carbons (Fsp3) is 0.143. The van der Waals surface area contributed by atoms with Crippen molar-refractivity contribution in [3.8, 4) is 11.5 Å². The van der Waals surface area contributed by atoms with Gasteiger partial charge in [-0.1, -0.05) is 49.4 Å². The zero-order valence-corrected chi connectivity index (χ0v) is 14.5. The van der Waals surface area contributed by atoms with E-state index in [1.807, 2.05) is 43.3 Å². The summed E-state index contributed by atoms with van der Waals surface area (Å²) in [6.07, 6.45) is 2.47. The smallest absolute Gasteiger partial charge is 0.275 e. The van der Waals surface area contributed by atoms with Crippen LogP contribution in [0.3, 0.4) is 0 Å². The van der Waals surface area contributed by atoms with Crippen LogP contribution in [0.15, 0.2) is 65.8 Å². The van der Waals surface area contributed by atoms with Crippen molar-refractivity contribution < 1.29 is 14.6 Å². The Morgan fingerprint density at radius 1 is 1.12 bits per heavy atom. The number of aromatic hydroxyl groups is 1. The van der Waals surface area contributed by atoms with E-state index in [2.05, 4.69) is 10.5 Å². The first-order valence-corrected chi connectivity index (χ1v) is 8.46. The lowest BCUT2D eigenvalue weighted by Gasteiger charge is -2.11. The van der Waals surface area contributed by atoms with Gasteiger partial charge in [0.25, 0.3) is 5.91 Å². The van der Waals surface area contributed by atoms with Crippen LogP contribution in [0.1, 0.15) is 29.3 Å². The van der Waals surface area contributed by atoms with Crippen LogP contribution in [0.25, 0.3) is 10.8 Å². The molecule has 0 aliphatic carbocycles. The van der Waals surface area contributed by atoms with E-state index in [4.69, 9.17) is 4.74 Å². The SMILES string of the molecule is CCCOc1ccc2ccccc2c1/C=N/NC(=O)c1ccccc1O. The number of rotatable bonds is 6. The molecule has 5 nitrogen and oxygen atoms in total.